The molecule has 20 heavy (non-hydrogen) atoms. The molecule has 1 aromatic rings. The standard InChI is InChI=1S/C16H26N2O2/c1-16(2,3)17-15(20)12-18(4)14(10-11-19)13-8-6-5-7-9-13/h5-9,14,19H,10-12H2,1-4H3,(H,17,20). The second kappa shape index (κ2) is 7.41. The quantitative estimate of drug-likeness (QED) is 0.836. The lowest BCUT2D eigenvalue weighted by molar-refractivity contribution is -0.123. The lowest BCUT2D eigenvalue weighted by Crippen LogP contribution is -2.45. The van der Waals surface area contributed by atoms with E-state index in [1.54, 1.807) is 0 Å². The van der Waals surface area contributed by atoms with Crippen molar-refractivity contribution in [1.82, 2.24) is 10.2 Å². The van der Waals surface area contributed by atoms with Crippen LogP contribution in [-0.4, -0.2) is 41.7 Å². The Labute approximate surface area is 121 Å². The molecule has 2 N–H and O–H groups in total. The first kappa shape index (κ1) is 16.7. The first-order valence-electron chi connectivity index (χ1n) is 7.00. The van der Waals surface area contributed by atoms with Gasteiger partial charge in [-0.15, -0.1) is 0 Å². The number of aliphatic hydroxyl groups excluding tert-OH is 1. The maximum atomic E-state index is 12.0. The number of amides is 1. The second-order valence-electron chi connectivity index (χ2n) is 6.15. The minimum Gasteiger partial charge on any atom is -0.396 e. The summed E-state index contributed by atoms with van der Waals surface area (Å²) in [6.07, 6.45) is 0.614. The van der Waals surface area contributed by atoms with Crippen LogP contribution in [-0.2, 0) is 4.79 Å². The number of hydrogen-bond acceptors (Lipinski definition) is 3. The Bertz CT molecular complexity index is 412. The van der Waals surface area contributed by atoms with Crippen LogP contribution in [0.25, 0.3) is 0 Å². The van der Waals surface area contributed by atoms with Gasteiger partial charge in [0.05, 0.1) is 6.54 Å². The molecule has 4 nitrogen and oxygen atoms in total. The van der Waals surface area contributed by atoms with E-state index >= 15 is 0 Å². The third-order valence-electron chi connectivity index (χ3n) is 3.03. The van der Waals surface area contributed by atoms with E-state index in [2.05, 4.69) is 5.32 Å². The summed E-state index contributed by atoms with van der Waals surface area (Å²) in [5.41, 5.74) is 0.893. The first-order chi connectivity index (χ1) is 9.33. The highest BCUT2D eigenvalue weighted by Crippen LogP contribution is 2.22. The highest BCUT2D eigenvalue weighted by molar-refractivity contribution is 5.78. The molecule has 0 radical (unpaired) electrons. The van der Waals surface area contributed by atoms with Crippen molar-refractivity contribution in [3.8, 4) is 0 Å². The molecule has 1 amide bonds. The van der Waals surface area contributed by atoms with Crippen LogP contribution in [0.15, 0.2) is 30.3 Å². The fraction of sp³-hybridized carbons (Fsp3) is 0.562. The fourth-order valence-corrected chi connectivity index (χ4v) is 2.23. The van der Waals surface area contributed by atoms with E-state index in [1.807, 2.05) is 63.1 Å². The average Bonchev–Trinajstić information content (AvgIpc) is 2.34. The maximum absolute atomic E-state index is 12.0. The second-order valence-corrected chi connectivity index (χ2v) is 6.15. The van der Waals surface area contributed by atoms with E-state index in [4.69, 9.17) is 0 Å². The molecule has 112 valence electrons. The van der Waals surface area contributed by atoms with Gasteiger partial charge in [-0.25, -0.2) is 0 Å². The number of rotatable bonds is 6. The van der Waals surface area contributed by atoms with Gasteiger partial charge >= 0.3 is 0 Å². The predicted molar refractivity (Wildman–Crippen MR) is 81.4 cm³/mol. The van der Waals surface area contributed by atoms with Crippen LogP contribution in [0.4, 0.5) is 0 Å². The number of carbonyl (C=O) groups excluding carboxylic acids is 1. The minimum absolute atomic E-state index is 0.00105. The Morgan fingerprint density at radius 1 is 1.30 bits per heavy atom. The van der Waals surface area contributed by atoms with Crippen LogP contribution < -0.4 is 5.32 Å². The molecule has 0 aliphatic carbocycles. The van der Waals surface area contributed by atoms with Gasteiger partial charge in [-0.3, -0.25) is 9.69 Å². The summed E-state index contributed by atoms with van der Waals surface area (Å²) >= 11 is 0. The third-order valence-corrected chi connectivity index (χ3v) is 3.03. The van der Waals surface area contributed by atoms with E-state index in [0.717, 1.165) is 5.56 Å². The third kappa shape index (κ3) is 5.72. The van der Waals surface area contributed by atoms with Crippen LogP contribution in [0.1, 0.15) is 38.8 Å². The topological polar surface area (TPSA) is 52.6 Å². The summed E-state index contributed by atoms with van der Waals surface area (Å²) in [5, 5.41) is 12.2. The van der Waals surface area contributed by atoms with Gasteiger partial charge < -0.3 is 10.4 Å². The smallest absolute Gasteiger partial charge is 0.234 e. The monoisotopic (exact) mass is 278 g/mol. The number of benzene rings is 1. The number of carbonyl (C=O) groups is 1. The van der Waals surface area contributed by atoms with Gasteiger partial charge in [0.25, 0.3) is 0 Å². The molecule has 0 aliphatic heterocycles. The molecular formula is C16H26N2O2. The summed E-state index contributed by atoms with van der Waals surface area (Å²) in [6, 6.07) is 10.0. The van der Waals surface area contributed by atoms with E-state index in [-0.39, 0.29) is 24.1 Å². The zero-order valence-corrected chi connectivity index (χ0v) is 12.9. The molecule has 0 heterocycles. The Hall–Kier alpha value is -1.39. The summed E-state index contributed by atoms with van der Waals surface area (Å²) in [7, 11) is 1.91. The molecule has 1 unspecified atom stereocenters. The van der Waals surface area contributed by atoms with Crippen LogP contribution >= 0.6 is 0 Å². The van der Waals surface area contributed by atoms with Gasteiger partial charge in [0.2, 0.25) is 5.91 Å². The molecule has 1 rings (SSSR count). The van der Waals surface area contributed by atoms with Gasteiger partial charge in [-0.05, 0) is 39.8 Å². The van der Waals surface area contributed by atoms with Crippen molar-refractivity contribution in [1.29, 1.82) is 0 Å². The molecule has 4 heteroatoms. The van der Waals surface area contributed by atoms with E-state index < -0.39 is 0 Å². The number of likely N-dealkylation sites (N-methyl/N-ethyl adjacent to an activating group) is 1. The van der Waals surface area contributed by atoms with Crippen LogP contribution in [0.3, 0.4) is 0 Å². The van der Waals surface area contributed by atoms with E-state index in [0.29, 0.717) is 13.0 Å². The van der Waals surface area contributed by atoms with E-state index in [9.17, 15) is 9.90 Å². The van der Waals surface area contributed by atoms with Crippen molar-refractivity contribution >= 4 is 5.91 Å². The van der Waals surface area contributed by atoms with Crippen molar-refractivity contribution < 1.29 is 9.90 Å². The SMILES string of the molecule is CN(CC(=O)NC(C)(C)C)C(CCO)c1ccccc1. The molecule has 0 aromatic heterocycles. The zero-order chi connectivity index (χ0) is 15.2. The van der Waals surface area contributed by atoms with Crippen molar-refractivity contribution in [3.05, 3.63) is 35.9 Å². The lowest BCUT2D eigenvalue weighted by atomic mass is 10.0. The normalized spacial score (nSPS) is 13.3. The molecule has 1 aromatic carbocycles. The van der Waals surface area contributed by atoms with Crippen LogP contribution in [0, 0.1) is 0 Å². The summed E-state index contributed by atoms with van der Waals surface area (Å²) in [6.45, 7) is 6.32. The van der Waals surface area contributed by atoms with Gasteiger partial charge in [0.1, 0.15) is 0 Å². The van der Waals surface area contributed by atoms with Gasteiger partial charge in [-0.1, -0.05) is 30.3 Å². The molecule has 0 bridgehead atoms. The van der Waals surface area contributed by atoms with Gasteiger partial charge in [-0.2, -0.15) is 0 Å². The largest absolute Gasteiger partial charge is 0.396 e. The van der Waals surface area contributed by atoms with Gasteiger partial charge in [0, 0.05) is 18.2 Å². The molecule has 0 fully saturated rings. The zero-order valence-electron chi connectivity index (χ0n) is 12.9. The Morgan fingerprint density at radius 2 is 1.90 bits per heavy atom. The molecule has 0 saturated carbocycles. The summed E-state index contributed by atoms with van der Waals surface area (Å²) in [4.78, 5) is 14.0. The van der Waals surface area contributed by atoms with Crippen LogP contribution in [0.2, 0.25) is 0 Å². The summed E-state index contributed by atoms with van der Waals surface area (Å²) in [5.74, 6) is -0.00105. The Kier molecular flexibility index (Phi) is 6.17. The number of aliphatic hydroxyl groups is 1. The molecular weight excluding hydrogens is 252 g/mol. The van der Waals surface area contributed by atoms with Crippen molar-refractivity contribution in [2.45, 2.75) is 38.8 Å². The molecule has 1 atom stereocenters. The van der Waals surface area contributed by atoms with Crippen molar-refractivity contribution in [2.24, 2.45) is 0 Å². The van der Waals surface area contributed by atoms with Crippen molar-refractivity contribution in [3.63, 3.8) is 0 Å². The lowest BCUT2D eigenvalue weighted by Gasteiger charge is -2.29. The van der Waals surface area contributed by atoms with Crippen LogP contribution in [0.5, 0.6) is 0 Å². The molecule has 0 saturated heterocycles. The number of nitrogens with zero attached hydrogens (tertiary/aromatic N) is 1. The molecule has 0 aliphatic rings. The number of hydrogen-bond donors (Lipinski definition) is 2. The minimum atomic E-state index is -0.225. The maximum Gasteiger partial charge on any atom is 0.234 e. The Morgan fingerprint density at radius 3 is 2.40 bits per heavy atom. The highest BCUT2D eigenvalue weighted by atomic mass is 16.3. The fourth-order valence-electron chi connectivity index (χ4n) is 2.23. The Balaban J connectivity index is 2.70. The first-order valence-corrected chi connectivity index (χ1v) is 7.00. The number of nitrogens with one attached hydrogen (secondary N) is 1. The van der Waals surface area contributed by atoms with Crippen molar-refractivity contribution in [2.75, 3.05) is 20.2 Å². The van der Waals surface area contributed by atoms with E-state index in [1.165, 1.54) is 0 Å². The predicted octanol–water partition coefficient (Wildman–Crippen LogP) is 1.96. The molecule has 0 spiro atoms. The average molecular weight is 278 g/mol. The summed E-state index contributed by atoms with van der Waals surface area (Å²) < 4.78 is 0. The highest BCUT2D eigenvalue weighted by Gasteiger charge is 2.21. The van der Waals surface area contributed by atoms with Gasteiger partial charge in [0.15, 0.2) is 0 Å².